The molecule has 0 saturated heterocycles. The lowest BCUT2D eigenvalue weighted by atomic mass is 10.1. The first-order chi connectivity index (χ1) is 12.5. The highest BCUT2D eigenvalue weighted by molar-refractivity contribution is 6.37. The summed E-state index contributed by atoms with van der Waals surface area (Å²) >= 11 is 11.5. The van der Waals surface area contributed by atoms with Gasteiger partial charge in [0, 0.05) is 6.07 Å². The summed E-state index contributed by atoms with van der Waals surface area (Å²) in [5.41, 5.74) is 3.13. The number of carbonyl (C=O) groups is 1. The minimum absolute atomic E-state index is 0.00597. The molecule has 2 N–H and O–H groups in total. The van der Waals surface area contributed by atoms with Gasteiger partial charge in [-0.2, -0.15) is 13.2 Å². The maximum Gasteiger partial charge on any atom is 0.416 e. The number of primary amides is 1. The number of alkyl halides is 3. The fourth-order valence-electron chi connectivity index (χ4n) is 1.98. The van der Waals surface area contributed by atoms with Gasteiger partial charge in [-0.15, -0.1) is 0 Å². The first-order valence-electron chi connectivity index (χ1n) is 6.90. The zero-order valence-electron chi connectivity index (χ0n) is 13.0. The summed E-state index contributed by atoms with van der Waals surface area (Å²) in [7, 11) is 0. The summed E-state index contributed by atoms with van der Waals surface area (Å²) in [6, 6.07) is 4.50. The number of nitrogens with two attached hydrogens (primary N) is 1. The van der Waals surface area contributed by atoms with E-state index in [2.05, 4.69) is 0 Å². The van der Waals surface area contributed by atoms with Crippen molar-refractivity contribution in [3.63, 3.8) is 0 Å². The molecule has 7 nitrogen and oxygen atoms in total. The maximum absolute atomic E-state index is 12.7. The van der Waals surface area contributed by atoms with Crippen molar-refractivity contribution in [2.75, 3.05) is 6.79 Å². The number of ether oxygens (including phenoxy) is 2. The van der Waals surface area contributed by atoms with Gasteiger partial charge in [-0.3, -0.25) is 14.9 Å². The molecule has 0 bridgehead atoms. The molecule has 0 unspecified atom stereocenters. The summed E-state index contributed by atoms with van der Waals surface area (Å²) in [6.45, 7) is -0.555. The zero-order chi connectivity index (χ0) is 20.4. The van der Waals surface area contributed by atoms with E-state index in [1.165, 1.54) is 6.07 Å². The quantitative estimate of drug-likeness (QED) is 0.419. The predicted octanol–water partition coefficient (Wildman–Crippen LogP) is 4.43. The van der Waals surface area contributed by atoms with Crippen LogP contribution in [0.25, 0.3) is 0 Å². The number of hydrogen-bond donors (Lipinski definition) is 1. The van der Waals surface area contributed by atoms with E-state index in [1.807, 2.05) is 0 Å². The first-order valence-corrected chi connectivity index (χ1v) is 7.66. The van der Waals surface area contributed by atoms with Crippen LogP contribution in [0, 0.1) is 10.1 Å². The summed E-state index contributed by atoms with van der Waals surface area (Å²) < 4.78 is 48.3. The van der Waals surface area contributed by atoms with Gasteiger partial charge < -0.3 is 15.2 Å². The van der Waals surface area contributed by atoms with Gasteiger partial charge in [-0.1, -0.05) is 23.2 Å². The van der Waals surface area contributed by atoms with Gasteiger partial charge in [0.1, 0.15) is 11.3 Å². The second kappa shape index (κ2) is 7.89. The third kappa shape index (κ3) is 4.92. The number of nitrogens with zero attached hydrogens (tertiary/aromatic N) is 1. The van der Waals surface area contributed by atoms with Crippen molar-refractivity contribution < 1.29 is 32.4 Å². The summed E-state index contributed by atoms with van der Waals surface area (Å²) in [5.74, 6) is -1.29. The van der Waals surface area contributed by atoms with Crippen LogP contribution in [0.3, 0.4) is 0 Å². The standard InChI is InChI=1S/C15H9Cl2F3N2O5/c16-10-3-7(15(18,19)20)4-11(17)13(10)27-6-26-8-1-2-12(22(24)25)9(5-8)14(21)23/h1-5H,6H2,(H2,21,23). The molecule has 0 saturated carbocycles. The Bertz CT molecular complexity index is 883. The topological polar surface area (TPSA) is 105 Å². The molecule has 0 spiro atoms. The second-order valence-electron chi connectivity index (χ2n) is 4.97. The molecule has 0 aliphatic carbocycles. The Morgan fingerprint density at radius 1 is 1.15 bits per heavy atom. The maximum atomic E-state index is 12.7. The highest BCUT2D eigenvalue weighted by Gasteiger charge is 2.32. The molecule has 0 aromatic heterocycles. The van der Waals surface area contributed by atoms with E-state index in [9.17, 15) is 28.1 Å². The highest BCUT2D eigenvalue weighted by atomic mass is 35.5. The summed E-state index contributed by atoms with van der Waals surface area (Å²) in [6.07, 6.45) is -4.63. The predicted molar refractivity (Wildman–Crippen MR) is 89.2 cm³/mol. The lowest BCUT2D eigenvalue weighted by Crippen LogP contribution is -2.14. The average molecular weight is 425 g/mol. The Morgan fingerprint density at radius 3 is 2.22 bits per heavy atom. The molecule has 0 aliphatic rings. The van der Waals surface area contributed by atoms with Crippen molar-refractivity contribution in [1.82, 2.24) is 0 Å². The third-order valence-corrected chi connectivity index (χ3v) is 3.75. The van der Waals surface area contributed by atoms with Crippen LogP contribution >= 0.6 is 23.2 Å². The fraction of sp³-hybridized carbons (Fsp3) is 0.133. The van der Waals surface area contributed by atoms with E-state index in [4.69, 9.17) is 38.4 Å². The van der Waals surface area contributed by atoms with Crippen LogP contribution in [0.5, 0.6) is 11.5 Å². The average Bonchev–Trinajstić information content (AvgIpc) is 2.55. The Morgan fingerprint density at radius 2 is 1.74 bits per heavy atom. The highest BCUT2D eigenvalue weighted by Crippen LogP contribution is 2.39. The van der Waals surface area contributed by atoms with Crippen molar-refractivity contribution in [1.29, 1.82) is 0 Å². The van der Waals surface area contributed by atoms with E-state index in [0.717, 1.165) is 12.1 Å². The molecular weight excluding hydrogens is 416 g/mol. The zero-order valence-corrected chi connectivity index (χ0v) is 14.6. The molecule has 12 heteroatoms. The van der Waals surface area contributed by atoms with Gasteiger partial charge in [0.2, 0.25) is 6.79 Å². The Hall–Kier alpha value is -2.72. The number of nitro groups is 1. The van der Waals surface area contributed by atoms with Crippen LogP contribution in [0.2, 0.25) is 10.0 Å². The van der Waals surface area contributed by atoms with Gasteiger partial charge in [-0.05, 0) is 24.3 Å². The summed E-state index contributed by atoms with van der Waals surface area (Å²) in [5, 5.41) is 10.1. The number of halogens is 5. The number of nitro benzene ring substituents is 1. The van der Waals surface area contributed by atoms with Gasteiger partial charge in [0.05, 0.1) is 20.5 Å². The Kier molecular flexibility index (Phi) is 6.01. The Balaban J connectivity index is 2.14. The number of benzene rings is 2. The van der Waals surface area contributed by atoms with Crippen molar-refractivity contribution in [2.24, 2.45) is 5.73 Å². The van der Waals surface area contributed by atoms with Crippen LogP contribution in [0.1, 0.15) is 15.9 Å². The van der Waals surface area contributed by atoms with Crippen LogP contribution in [-0.2, 0) is 6.18 Å². The third-order valence-electron chi connectivity index (χ3n) is 3.18. The molecule has 27 heavy (non-hydrogen) atoms. The van der Waals surface area contributed by atoms with E-state index in [0.29, 0.717) is 12.1 Å². The van der Waals surface area contributed by atoms with Crippen molar-refractivity contribution >= 4 is 34.8 Å². The van der Waals surface area contributed by atoms with E-state index in [1.54, 1.807) is 0 Å². The minimum Gasteiger partial charge on any atom is -0.457 e. The molecule has 144 valence electrons. The van der Waals surface area contributed by atoms with E-state index < -0.39 is 35.1 Å². The number of rotatable bonds is 6. The van der Waals surface area contributed by atoms with Gasteiger partial charge >= 0.3 is 6.18 Å². The van der Waals surface area contributed by atoms with Gasteiger partial charge in [0.15, 0.2) is 5.75 Å². The molecule has 1 amide bonds. The number of amides is 1. The fourth-order valence-corrected chi connectivity index (χ4v) is 2.58. The van der Waals surface area contributed by atoms with Crippen molar-refractivity contribution in [3.8, 4) is 11.5 Å². The van der Waals surface area contributed by atoms with Crippen LogP contribution in [0.4, 0.5) is 18.9 Å². The van der Waals surface area contributed by atoms with E-state index in [-0.39, 0.29) is 27.1 Å². The minimum atomic E-state index is -4.63. The molecule has 0 fully saturated rings. The Labute approximate surface area is 159 Å². The number of hydrogen-bond acceptors (Lipinski definition) is 5. The second-order valence-corrected chi connectivity index (χ2v) is 5.79. The van der Waals surface area contributed by atoms with Crippen LogP contribution in [-0.4, -0.2) is 17.6 Å². The van der Waals surface area contributed by atoms with Gasteiger partial charge in [-0.25, -0.2) is 0 Å². The first kappa shape index (κ1) is 20.6. The number of carbonyl (C=O) groups excluding carboxylic acids is 1. The molecular formula is C15H9Cl2F3N2O5. The lowest BCUT2D eigenvalue weighted by molar-refractivity contribution is -0.385. The molecule has 0 heterocycles. The van der Waals surface area contributed by atoms with Crippen molar-refractivity contribution in [3.05, 3.63) is 61.6 Å². The molecule has 0 aliphatic heterocycles. The van der Waals surface area contributed by atoms with Crippen LogP contribution < -0.4 is 15.2 Å². The molecule has 0 atom stereocenters. The van der Waals surface area contributed by atoms with Crippen molar-refractivity contribution in [2.45, 2.75) is 6.18 Å². The largest absolute Gasteiger partial charge is 0.457 e. The normalized spacial score (nSPS) is 11.1. The van der Waals surface area contributed by atoms with Gasteiger partial charge in [0.25, 0.3) is 11.6 Å². The molecule has 0 radical (unpaired) electrons. The molecule has 2 rings (SSSR count). The smallest absolute Gasteiger partial charge is 0.416 e. The SMILES string of the molecule is NC(=O)c1cc(OCOc2c(Cl)cc(C(F)(F)F)cc2Cl)ccc1[N+](=O)[O-]. The summed E-state index contributed by atoms with van der Waals surface area (Å²) in [4.78, 5) is 21.3. The molecule has 2 aromatic rings. The monoisotopic (exact) mass is 424 g/mol. The van der Waals surface area contributed by atoms with Crippen LogP contribution in [0.15, 0.2) is 30.3 Å². The lowest BCUT2D eigenvalue weighted by Gasteiger charge is -2.14. The van der Waals surface area contributed by atoms with E-state index >= 15 is 0 Å². The molecule has 2 aromatic carbocycles.